The molecule has 2 fully saturated rings. The number of anilines is 1. The van der Waals surface area contributed by atoms with Crippen LogP contribution in [-0.4, -0.2) is 49.8 Å². The van der Waals surface area contributed by atoms with E-state index >= 15 is 0 Å². The van der Waals surface area contributed by atoms with E-state index in [0.29, 0.717) is 37.3 Å². The van der Waals surface area contributed by atoms with Gasteiger partial charge in [-0.2, -0.15) is 0 Å². The Bertz CT molecular complexity index is 1100. The van der Waals surface area contributed by atoms with E-state index in [-0.39, 0.29) is 23.2 Å². The number of ether oxygens (including phenoxy) is 2. The average molecular weight is 475 g/mol. The highest BCUT2D eigenvalue weighted by atomic mass is 19.2. The van der Waals surface area contributed by atoms with Crippen LogP contribution in [-0.2, 0) is 5.41 Å². The van der Waals surface area contributed by atoms with E-state index in [1.54, 1.807) is 19.1 Å². The molecule has 4 rings (SSSR count). The highest BCUT2D eigenvalue weighted by molar-refractivity contribution is 5.89. The third-order valence-electron chi connectivity index (χ3n) is 7.01. The molecular weight excluding hydrogens is 446 g/mol. The molecule has 2 aromatic rings. The number of carbonyl (C=O) groups is 2. The van der Waals surface area contributed by atoms with Crippen LogP contribution in [0.1, 0.15) is 31.2 Å². The van der Waals surface area contributed by atoms with E-state index in [1.165, 1.54) is 6.07 Å². The Hall–Kier alpha value is -3.56. The first-order chi connectivity index (χ1) is 16.3. The van der Waals surface area contributed by atoms with Gasteiger partial charge in [0.05, 0.1) is 14.2 Å². The Labute approximate surface area is 196 Å². The number of methoxy groups -OCH3 is 2. The number of hydrogen-bond donors (Lipinski definition) is 3. The van der Waals surface area contributed by atoms with Gasteiger partial charge in [0.25, 0.3) is 0 Å². The Balaban J connectivity index is 1.53. The minimum absolute atomic E-state index is 0.145. The van der Waals surface area contributed by atoms with Gasteiger partial charge in [-0.1, -0.05) is 6.07 Å². The van der Waals surface area contributed by atoms with Crippen molar-refractivity contribution in [3.63, 3.8) is 0 Å². The Morgan fingerprint density at radius 2 is 1.82 bits per heavy atom. The fourth-order valence-electron chi connectivity index (χ4n) is 5.35. The molecule has 4 amide bonds. The van der Waals surface area contributed by atoms with E-state index in [4.69, 9.17) is 15.2 Å². The number of rotatable bonds is 5. The van der Waals surface area contributed by atoms with E-state index < -0.39 is 23.7 Å². The van der Waals surface area contributed by atoms with Gasteiger partial charge in [0, 0.05) is 35.8 Å². The van der Waals surface area contributed by atoms with Crippen LogP contribution in [0.25, 0.3) is 0 Å². The number of likely N-dealkylation sites (tertiary alicyclic amines) is 1. The molecule has 1 aliphatic carbocycles. The molecule has 1 heterocycles. The standard InChI is InChI=1S/C24H28F2N4O4/c1-33-19-6-3-14(11-20(19)34-2)24-8-7-16(13-21(24)30(10-9-24)22(27)31)29-23(32)28-15-4-5-17(25)18(26)12-15/h3-6,11-12,16,21H,7-10,13H2,1-2H3,(H2,27,31)(H2,28,29,32)/t16-,21+,24-/m0/s1. The highest BCUT2D eigenvalue weighted by Gasteiger charge is 2.53. The number of nitrogens with one attached hydrogen (secondary N) is 2. The zero-order chi connectivity index (χ0) is 24.5. The molecule has 4 N–H and O–H groups in total. The van der Waals surface area contributed by atoms with E-state index in [1.807, 2.05) is 18.2 Å². The van der Waals surface area contributed by atoms with Gasteiger partial charge in [0.1, 0.15) is 0 Å². The second-order valence-corrected chi connectivity index (χ2v) is 8.72. The summed E-state index contributed by atoms with van der Waals surface area (Å²) in [5.41, 5.74) is 6.54. The van der Waals surface area contributed by atoms with Crippen LogP contribution in [0.3, 0.4) is 0 Å². The number of amides is 4. The van der Waals surface area contributed by atoms with Crippen LogP contribution >= 0.6 is 0 Å². The summed E-state index contributed by atoms with van der Waals surface area (Å²) in [4.78, 5) is 26.4. The van der Waals surface area contributed by atoms with Crippen molar-refractivity contribution >= 4 is 17.7 Å². The maximum absolute atomic E-state index is 13.4. The number of urea groups is 2. The van der Waals surface area contributed by atoms with Crippen LogP contribution in [0.5, 0.6) is 11.5 Å². The normalized spacial score (nSPS) is 23.7. The maximum atomic E-state index is 13.4. The van der Waals surface area contributed by atoms with Gasteiger partial charge in [-0.15, -0.1) is 0 Å². The fourth-order valence-corrected chi connectivity index (χ4v) is 5.35. The SMILES string of the molecule is COc1ccc([C@@]23CC[C@H](NC(=O)Nc4ccc(F)c(F)c4)C[C@H]2N(C(N)=O)CC3)cc1OC. The Morgan fingerprint density at radius 3 is 2.50 bits per heavy atom. The van der Waals surface area contributed by atoms with Crippen molar-refractivity contribution in [2.45, 2.75) is 43.2 Å². The van der Waals surface area contributed by atoms with Crippen molar-refractivity contribution in [1.29, 1.82) is 0 Å². The molecule has 34 heavy (non-hydrogen) atoms. The van der Waals surface area contributed by atoms with Crippen molar-refractivity contribution in [3.8, 4) is 11.5 Å². The molecule has 0 spiro atoms. The van der Waals surface area contributed by atoms with Gasteiger partial charge in [-0.3, -0.25) is 0 Å². The smallest absolute Gasteiger partial charge is 0.319 e. The topological polar surface area (TPSA) is 106 Å². The lowest BCUT2D eigenvalue weighted by Crippen LogP contribution is -2.54. The summed E-state index contributed by atoms with van der Waals surface area (Å²) in [6, 6.07) is 7.46. The van der Waals surface area contributed by atoms with Gasteiger partial charge in [0.2, 0.25) is 0 Å². The number of hydrogen-bond acceptors (Lipinski definition) is 4. The zero-order valence-corrected chi connectivity index (χ0v) is 19.1. The minimum Gasteiger partial charge on any atom is -0.493 e. The van der Waals surface area contributed by atoms with Crippen molar-refractivity contribution < 1.29 is 27.8 Å². The van der Waals surface area contributed by atoms with Crippen LogP contribution in [0.2, 0.25) is 0 Å². The first-order valence-corrected chi connectivity index (χ1v) is 11.1. The molecule has 10 heteroatoms. The van der Waals surface area contributed by atoms with Crippen molar-refractivity contribution in [1.82, 2.24) is 10.2 Å². The first-order valence-electron chi connectivity index (χ1n) is 11.1. The molecule has 1 saturated carbocycles. The van der Waals surface area contributed by atoms with Gasteiger partial charge in [-0.05, 0) is 55.5 Å². The molecule has 2 aliphatic rings. The zero-order valence-electron chi connectivity index (χ0n) is 19.1. The number of halogens is 2. The van der Waals surface area contributed by atoms with Crippen molar-refractivity contribution in [2.24, 2.45) is 5.73 Å². The molecule has 1 aliphatic heterocycles. The molecular formula is C24H28F2N4O4. The second kappa shape index (κ2) is 9.36. The molecule has 0 bridgehead atoms. The lowest BCUT2D eigenvalue weighted by molar-refractivity contribution is 0.147. The molecule has 2 aromatic carbocycles. The number of carbonyl (C=O) groups excluding carboxylic acids is 2. The summed E-state index contributed by atoms with van der Waals surface area (Å²) in [7, 11) is 3.15. The molecule has 8 nitrogen and oxygen atoms in total. The minimum atomic E-state index is -1.04. The number of fused-ring (bicyclic) bond motifs is 1. The van der Waals surface area contributed by atoms with Gasteiger partial charge >= 0.3 is 12.1 Å². The first kappa shape index (κ1) is 23.6. The molecule has 1 saturated heterocycles. The summed E-state index contributed by atoms with van der Waals surface area (Å²) >= 11 is 0. The summed E-state index contributed by atoms with van der Waals surface area (Å²) in [5.74, 6) is -0.805. The number of benzene rings is 2. The summed E-state index contributed by atoms with van der Waals surface area (Å²) in [5, 5.41) is 5.42. The molecule has 0 unspecified atom stereocenters. The Kier molecular flexibility index (Phi) is 6.49. The van der Waals surface area contributed by atoms with Crippen molar-refractivity contribution in [3.05, 3.63) is 53.6 Å². The third-order valence-corrected chi connectivity index (χ3v) is 7.01. The average Bonchev–Trinajstić information content (AvgIpc) is 3.21. The summed E-state index contributed by atoms with van der Waals surface area (Å²) in [6.45, 7) is 0.516. The van der Waals surface area contributed by atoms with Gasteiger partial charge < -0.3 is 30.7 Å². The van der Waals surface area contributed by atoms with E-state index in [0.717, 1.165) is 24.1 Å². The quantitative estimate of drug-likeness (QED) is 0.614. The lowest BCUT2D eigenvalue weighted by atomic mass is 9.65. The van der Waals surface area contributed by atoms with Crippen molar-refractivity contribution in [2.75, 3.05) is 26.1 Å². The van der Waals surface area contributed by atoms with Crippen LogP contribution in [0.15, 0.2) is 36.4 Å². The molecule has 3 atom stereocenters. The van der Waals surface area contributed by atoms with Crippen LogP contribution < -0.4 is 25.8 Å². The van der Waals surface area contributed by atoms with Gasteiger partial charge in [0.15, 0.2) is 23.1 Å². The number of nitrogens with zero attached hydrogens (tertiary/aromatic N) is 1. The predicted molar refractivity (Wildman–Crippen MR) is 122 cm³/mol. The maximum Gasteiger partial charge on any atom is 0.319 e. The Morgan fingerprint density at radius 1 is 1.06 bits per heavy atom. The summed E-state index contributed by atoms with van der Waals surface area (Å²) < 4.78 is 37.4. The van der Waals surface area contributed by atoms with Crippen LogP contribution in [0, 0.1) is 11.6 Å². The predicted octanol–water partition coefficient (Wildman–Crippen LogP) is 3.75. The number of nitrogens with two attached hydrogens (primary N) is 1. The van der Waals surface area contributed by atoms with E-state index in [2.05, 4.69) is 10.6 Å². The highest BCUT2D eigenvalue weighted by Crippen LogP contribution is 2.50. The lowest BCUT2D eigenvalue weighted by Gasteiger charge is -2.45. The monoisotopic (exact) mass is 474 g/mol. The fraction of sp³-hybridized carbons (Fsp3) is 0.417. The largest absolute Gasteiger partial charge is 0.493 e. The van der Waals surface area contributed by atoms with E-state index in [9.17, 15) is 18.4 Å². The molecule has 0 aromatic heterocycles. The third kappa shape index (κ3) is 4.32. The number of primary amides is 1. The van der Waals surface area contributed by atoms with Crippen LogP contribution in [0.4, 0.5) is 24.1 Å². The van der Waals surface area contributed by atoms with Gasteiger partial charge in [-0.25, -0.2) is 18.4 Å². The molecule has 182 valence electrons. The molecule has 0 radical (unpaired) electrons. The summed E-state index contributed by atoms with van der Waals surface area (Å²) in [6.07, 6.45) is 2.63. The second-order valence-electron chi connectivity index (χ2n) is 8.72.